The van der Waals surface area contributed by atoms with Gasteiger partial charge in [-0.25, -0.2) is 0 Å². The normalized spacial score (nSPS) is 11.0. The van der Waals surface area contributed by atoms with Gasteiger partial charge in [-0.15, -0.1) is 10.2 Å². The van der Waals surface area contributed by atoms with Crippen molar-refractivity contribution >= 4 is 22.7 Å². The largest absolute Gasteiger partial charge is 0.492 e. The number of hydrogen-bond donors (Lipinski definition) is 0. The molecule has 0 unspecified atom stereocenters. The van der Waals surface area contributed by atoms with Gasteiger partial charge in [-0.05, 0) is 41.6 Å². The molecule has 10 heteroatoms. The first-order valence-corrected chi connectivity index (χ1v) is 9.22. The molecule has 9 nitrogen and oxygen atoms in total. The van der Waals surface area contributed by atoms with E-state index in [0.29, 0.717) is 28.4 Å². The van der Waals surface area contributed by atoms with E-state index in [9.17, 15) is 4.79 Å². The van der Waals surface area contributed by atoms with Gasteiger partial charge in [0, 0.05) is 0 Å². The fourth-order valence-electron chi connectivity index (χ4n) is 2.56. The van der Waals surface area contributed by atoms with Crippen LogP contribution in [0.15, 0.2) is 58.5 Å². The molecule has 0 bridgehead atoms. The lowest BCUT2D eigenvalue weighted by Crippen LogP contribution is -2.23. The number of para-hydroxylation sites is 2. The first-order chi connectivity index (χ1) is 13.3. The molecule has 27 heavy (non-hydrogen) atoms. The molecule has 2 aromatic carbocycles. The van der Waals surface area contributed by atoms with Gasteiger partial charge in [-0.2, -0.15) is 9.36 Å². The van der Waals surface area contributed by atoms with Gasteiger partial charge in [0.25, 0.3) is 5.56 Å². The van der Waals surface area contributed by atoms with Gasteiger partial charge in [-0.3, -0.25) is 4.79 Å². The second-order valence-corrected chi connectivity index (χ2v) is 6.37. The van der Waals surface area contributed by atoms with E-state index in [2.05, 4.69) is 25.8 Å². The standard InChI is InChI=1S/C17H15N7O2S/c1-2-26-15-10-6-5-9-14(15)24-17(19-20-22-24)27-11-23-16(25)12-7-3-4-8-13(12)18-21-23/h3-10H,2,11H2,1H3. The van der Waals surface area contributed by atoms with Gasteiger partial charge in [0.1, 0.15) is 17.0 Å². The van der Waals surface area contributed by atoms with Crippen molar-refractivity contribution in [1.29, 1.82) is 0 Å². The highest BCUT2D eigenvalue weighted by atomic mass is 32.2. The number of rotatable bonds is 6. The molecule has 0 atom stereocenters. The smallest absolute Gasteiger partial charge is 0.278 e. The van der Waals surface area contributed by atoms with Crippen LogP contribution in [-0.4, -0.2) is 41.8 Å². The molecule has 2 heterocycles. The van der Waals surface area contributed by atoms with E-state index >= 15 is 0 Å². The van der Waals surface area contributed by atoms with E-state index in [4.69, 9.17) is 4.74 Å². The highest BCUT2D eigenvalue weighted by Crippen LogP contribution is 2.26. The Morgan fingerprint density at radius 2 is 1.85 bits per heavy atom. The molecule has 0 N–H and O–H groups in total. The lowest BCUT2D eigenvalue weighted by Gasteiger charge is -2.10. The molecule has 0 aliphatic rings. The molecule has 0 aliphatic heterocycles. The van der Waals surface area contributed by atoms with Crippen molar-refractivity contribution in [3.8, 4) is 11.4 Å². The monoisotopic (exact) mass is 381 g/mol. The Bertz CT molecular complexity index is 1140. The maximum atomic E-state index is 12.6. The molecule has 0 spiro atoms. The molecular weight excluding hydrogens is 366 g/mol. The van der Waals surface area contributed by atoms with Crippen molar-refractivity contribution in [2.45, 2.75) is 18.0 Å². The predicted molar refractivity (Wildman–Crippen MR) is 100.0 cm³/mol. The number of nitrogens with zero attached hydrogens (tertiary/aromatic N) is 7. The summed E-state index contributed by atoms with van der Waals surface area (Å²) in [7, 11) is 0. The molecule has 0 radical (unpaired) electrons. The van der Waals surface area contributed by atoms with Crippen molar-refractivity contribution in [3.05, 3.63) is 58.9 Å². The fraction of sp³-hybridized carbons (Fsp3) is 0.176. The molecule has 0 fully saturated rings. The van der Waals surface area contributed by atoms with Gasteiger partial charge in [0.05, 0.1) is 17.9 Å². The number of fused-ring (bicyclic) bond motifs is 1. The maximum absolute atomic E-state index is 12.6. The summed E-state index contributed by atoms with van der Waals surface area (Å²) < 4.78 is 8.51. The van der Waals surface area contributed by atoms with Gasteiger partial charge in [0.15, 0.2) is 0 Å². The van der Waals surface area contributed by atoms with Crippen LogP contribution in [0.4, 0.5) is 0 Å². The molecule has 2 aromatic heterocycles. The van der Waals surface area contributed by atoms with E-state index in [0.717, 1.165) is 5.69 Å². The second kappa shape index (κ2) is 7.54. The average molecular weight is 381 g/mol. The highest BCUT2D eigenvalue weighted by Gasteiger charge is 2.14. The lowest BCUT2D eigenvalue weighted by molar-refractivity contribution is 0.337. The summed E-state index contributed by atoms with van der Waals surface area (Å²) in [6, 6.07) is 14.6. The first-order valence-electron chi connectivity index (χ1n) is 8.24. The zero-order chi connectivity index (χ0) is 18.6. The predicted octanol–water partition coefficient (Wildman–Crippen LogP) is 1.92. The Hall–Kier alpha value is -3.27. The summed E-state index contributed by atoms with van der Waals surface area (Å²) in [5.74, 6) is 0.908. The Morgan fingerprint density at radius 3 is 2.74 bits per heavy atom. The second-order valence-electron chi connectivity index (χ2n) is 5.46. The number of hydrogen-bond acceptors (Lipinski definition) is 8. The van der Waals surface area contributed by atoms with Crippen molar-refractivity contribution in [2.24, 2.45) is 0 Å². The number of benzene rings is 2. The molecule has 0 saturated carbocycles. The van der Waals surface area contributed by atoms with Gasteiger partial charge in [-0.1, -0.05) is 41.2 Å². The van der Waals surface area contributed by atoms with Crippen molar-refractivity contribution < 1.29 is 4.74 Å². The van der Waals surface area contributed by atoms with Gasteiger partial charge >= 0.3 is 0 Å². The van der Waals surface area contributed by atoms with Gasteiger partial charge in [0.2, 0.25) is 5.16 Å². The molecule has 0 saturated heterocycles. The Labute approximate surface area is 158 Å². The van der Waals surface area contributed by atoms with Crippen molar-refractivity contribution in [1.82, 2.24) is 35.2 Å². The summed E-state index contributed by atoms with van der Waals surface area (Å²) in [4.78, 5) is 12.6. The lowest BCUT2D eigenvalue weighted by atomic mass is 10.2. The molecule has 4 aromatic rings. The van der Waals surface area contributed by atoms with Crippen LogP contribution in [0, 0.1) is 0 Å². The molecular formula is C17H15N7O2S. The third-order valence-corrected chi connectivity index (χ3v) is 4.67. The molecule has 4 rings (SSSR count). The minimum absolute atomic E-state index is 0.207. The third-order valence-electron chi connectivity index (χ3n) is 3.78. The van der Waals surface area contributed by atoms with Crippen molar-refractivity contribution in [2.75, 3.05) is 6.61 Å². The summed E-state index contributed by atoms with van der Waals surface area (Å²) in [6.45, 7) is 2.44. The molecule has 0 aliphatic carbocycles. The van der Waals surface area contributed by atoms with Crippen LogP contribution in [0.2, 0.25) is 0 Å². The number of thioether (sulfide) groups is 1. The van der Waals surface area contributed by atoms with Crippen LogP contribution in [-0.2, 0) is 5.88 Å². The summed E-state index contributed by atoms with van der Waals surface area (Å²) in [6.07, 6.45) is 0. The van der Waals surface area contributed by atoms with E-state index < -0.39 is 0 Å². The number of ether oxygens (including phenoxy) is 1. The van der Waals surface area contributed by atoms with Crippen LogP contribution < -0.4 is 10.3 Å². The highest BCUT2D eigenvalue weighted by molar-refractivity contribution is 7.98. The van der Waals surface area contributed by atoms with E-state index in [1.165, 1.54) is 16.4 Å². The first kappa shape index (κ1) is 17.2. The van der Waals surface area contributed by atoms with Gasteiger partial charge < -0.3 is 4.74 Å². The topological polar surface area (TPSA) is 101 Å². The Morgan fingerprint density at radius 1 is 1.04 bits per heavy atom. The summed E-state index contributed by atoms with van der Waals surface area (Å²) in [5, 5.41) is 20.9. The Balaban J connectivity index is 1.62. The summed E-state index contributed by atoms with van der Waals surface area (Å²) >= 11 is 1.28. The minimum atomic E-state index is -0.207. The third kappa shape index (κ3) is 3.38. The SMILES string of the molecule is CCOc1ccccc1-n1nnnc1SCn1nnc2ccccc2c1=O. The van der Waals surface area contributed by atoms with E-state index in [-0.39, 0.29) is 11.4 Å². The van der Waals surface area contributed by atoms with Crippen LogP contribution in [0.3, 0.4) is 0 Å². The van der Waals surface area contributed by atoms with E-state index in [1.54, 1.807) is 22.9 Å². The number of aromatic nitrogens is 7. The van der Waals surface area contributed by atoms with Crippen LogP contribution >= 0.6 is 11.8 Å². The zero-order valence-electron chi connectivity index (χ0n) is 14.4. The van der Waals surface area contributed by atoms with Crippen LogP contribution in [0.1, 0.15) is 6.92 Å². The van der Waals surface area contributed by atoms with Crippen molar-refractivity contribution in [3.63, 3.8) is 0 Å². The quantitative estimate of drug-likeness (QED) is 0.467. The summed E-state index contributed by atoms with van der Waals surface area (Å²) in [5.41, 5.74) is 1.09. The van der Waals surface area contributed by atoms with Crippen LogP contribution in [0.25, 0.3) is 16.6 Å². The minimum Gasteiger partial charge on any atom is -0.492 e. The number of tetrazole rings is 1. The molecule has 136 valence electrons. The van der Waals surface area contributed by atoms with E-state index in [1.807, 2.05) is 37.3 Å². The molecule has 0 amide bonds. The average Bonchev–Trinajstić information content (AvgIpc) is 3.17. The Kier molecular flexibility index (Phi) is 4.79. The fourth-order valence-corrected chi connectivity index (χ4v) is 3.31. The zero-order valence-corrected chi connectivity index (χ0v) is 15.2. The maximum Gasteiger partial charge on any atom is 0.278 e. The van der Waals surface area contributed by atoms with Crippen LogP contribution in [0.5, 0.6) is 5.75 Å².